The van der Waals surface area contributed by atoms with E-state index in [0.29, 0.717) is 12.5 Å². The van der Waals surface area contributed by atoms with Crippen molar-refractivity contribution in [1.29, 1.82) is 0 Å². The van der Waals surface area contributed by atoms with E-state index in [0.717, 1.165) is 69.4 Å². The second-order valence-electron chi connectivity index (χ2n) is 8.97. The van der Waals surface area contributed by atoms with Crippen molar-refractivity contribution in [2.75, 3.05) is 44.7 Å². The highest BCUT2D eigenvalue weighted by atomic mass is 127. The summed E-state index contributed by atoms with van der Waals surface area (Å²) in [5, 5.41) is 6.91. The summed E-state index contributed by atoms with van der Waals surface area (Å²) >= 11 is 0. The molecule has 2 atom stereocenters. The molecule has 2 aliphatic heterocycles. The quantitative estimate of drug-likeness (QED) is 0.330. The highest BCUT2D eigenvalue weighted by Crippen LogP contribution is 2.27. The number of anilines is 1. The lowest BCUT2D eigenvalue weighted by atomic mass is 10.1. The van der Waals surface area contributed by atoms with Crippen LogP contribution in [-0.4, -0.2) is 73.7 Å². The topological polar surface area (TPSA) is 82.1 Å². The van der Waals surface area contributed by atoms with E-state index in [-0.39, 0.29) is 42.0 Å². The second kappa shape index (κ2) is 12.0. The average molecular weight is 556 g/mol. The first-order valence-electron chi connectivity index (χ1n) is 11.7. The molecule has 32 heavy (non-hydrogen) atoms. The molecule has 2 unspecified atom stereocenters. The minimum atomic E-state index is 0. The van der Waals surface area contributed by atoms with Crippen LogP contribution < -0.4 is 15.5 Å². The average Bonchev–Trinajstić information content (AvgIpc) is 3.49. The van der Waals surface area contributed by atoms with E-state index in [1.807, 2.05) is 17.2 Å². The lowest BCUT2D eigenvalue weighted by Gasteiger charge is -2.32. The maximum Gasteiger partial charge on any atom is 0.225 e. The zero-order chi connectivity index (χ0) is 21.6. The van der Waals surface area contributed by atoms with Gasteiger partial charge in [-0.3, -0.25) is 9.79 Å². The summed E-state index contributed by atoms with van der Waals surface area (Å²) in [5.74, 6) is 2.38. The predicted octanol–water partition coefficient (Wildman–Crippen LogP) is 2.38. The Morgan fingerprint density at radius 1 is 1.25 bits per heavy atom. The fourth-order valence-electron chi connectivity index (χ4n) is 4.85. The molecule has 1 aromatic rings. The van der Waals surface area contributed by atoms with Crippen molar-refractivity contribution in [2.24, 2.45) is 10.9 Å². The number of amides is 1. The Bertz CT molecular complexity index is 786. The number of aromatic nitrogens is 1. The number of ether oxygens (including phenoxy) is 1. The summed E-state index contributed by atoms with van der Waals surface area (Å²) in [4.78, 5) is 25.9. The van der Waals surface area contributed by atoms with E-state index in [1.54, 1.807) is 7.05 Å². The van der Waals surface area contributed by atoms with Crippen molar-refractivity contribution >= 4 is 41.7 Å². The van der Waals surface area contributed by atoms with Crippen LogP contribution in [0.1, 0.15) is 44.6 Å². The van der Waals surface area contributed by atoms with Gasteiger partial charge in [-0.25, -0.2) is 4.98 Å². The molecule has 0 bridgehead atoms. The van der Waals surface area contributed by atoms with Gasteiger partial charge in [0.05, 0.1) is 12.7 Å². The van der Waals surface area contributed by atoms with Crippen molar-refractivity contribution in [2.45, 2.75) is 57.7 Å². The lowest BCUT2D eigenvalue weighted by molar-refractivity contribution is -0.134. The number of pyridine rings is 1. The summed E-state index contributed by atoms with van der Waals surface area (Å²) < 4.78 is 5.64. The van der Waals surface area contributed by atoms with Crippen LogP contribution in [0.15, 0.2) is 23.3 Å². The zero-order valence-corrected chi connectivity index (χ0v) is 21.6. The first kappa shape index (κ1) is 25.0. The van der Waals surface area contributed by atoms with Gasteiger partial charge in [0, 0.05) is 57.9 Å². The molecule has 1 amide bonds. The van der Waals surface area contributed by atoms with E-state index in [2.05, 4.69) is 38.5 Å². The summed E-state index contributed by atoms with van der Waals surface area (Å²) in [5.41, 5.74) is 1.16. The Kier molecular flexibility index (Phi) is 9.39. The van der Waals surface area contributed by atoms with Gasteiger partial charge in [0.15, 0.2) is 5.96 Å². The highest BCUT2D eigenvalue weighted by molar-refractivity contribution is 14.0. The van der Waals surface area contributed by atoms with Gasteiger partial charge < -0.3 is 25.2 Å². The van der Waals surface area contributed by atoms with Crippen LogP contribution in [0, 0.1) is 5.92 Å². The van der Waals surface area contributed by atoms with Crippen LogP contribution in [0.3, 0.4) is 0 Å². The number of likely N-dealkylation sites (tertiary alicyclic amines) is 1. The van der Waals surface area contributed by atoms with Crippen molar-refractivity contribution in [3.63, 3.8) is 0 Å². The van der Waals surface area contributed by atoms with Gasteiger partial charge in [-0.05, 0) is 43.9 Å². The zero-order valence-electron chi connectivity index (χ0n) is 19.3. The normalized spacial score (nSPS) is 24.4. The van der Waals surface area contributed by atoms with E-state index in [4.69, 9.17) is 4.74 Å². The molecule has 178 valence electrons. The van der Waals surface area contributed by atoms with Crippen molar-refractivity contribution in [3.8, 4) is 0 Å². The fraction of sp³-hybridized carbons (Fsp3) is 0.696. The molecular formula is C23H37IN6O2. The first-order valence-corrected chi connectivity index (χ1v) is 11.7. The molecular weight excluding hydrogens is 519 g/mol. The number of nitrogens with one attached hydrogen (secondary N) is 2. The van der Waals surface area contributed by atoms with E-state index >= 15 is 0 Å². The maximum atomic E-state index is 12.7. The molecule has 9 heteroatoms. The third-order valence-corrected chi connectivity index (χ3v) is 6.60. The number of hydrogen-bond acceptors (Lipinski definition) is 5. The fourth-order valence-corrected chi connectivity index (χ4v) is 4.85. The van der Waals surface area contributed by atoms with Crippen molar-refractivity contribution in [3.05, 3.63) is 23.9 Å². The minimum absolute atomic E-state index is 0. The van der Waals surface area contributed by atoms with Gasteiger partial charge in [-0.15, -0.1) is 24.0 Å². The molecule has 0 spiro atoms. The van der Waals surface area contributed by atoms with Crippen LogP contribution >= 0.6 is 24.0 Å². The Hall–Kier alpha value is -1.62. The molecule has 3 fully saturated rings. The van der Waals surface area contributed by atoms with Crippen LogP contribution in [0.4, 0.5) is 5.82 Å². The van der Waals surface area contributed by atoms with Gasteiger partial charge in [0.1, 0.15) is 5.82 Å². The number of rotatable bonds is 5. The first-order chi connectivity index (χ1) is 15.1. The van der Waals surface area contributed by atoms with Gasteiger partial charge in [-0.1, -0.05) is 12.8 Å². The molecule has 3 heterocycles. The predicted molar refractivity (Wildman–Crippen MR) is 138 cm³/mol. The van der Waals surface area contributed by atoms with Crippen LogP contribution in [0.25, 0.3) is 0 Å². The molecule has 0 radical (unpaired) electrons. The molecule has 1 saturated carbocycles. The number of hydrogen-bond donors (Lipinski definition) is 2. The number of morpholine rings is 1. The highest BCUT2D eigenvalue weighted by Gasteiger charge is 2.32. The molecule has 1 aliphatic carbocycles. The molecule has 2 saturated heterocycles. The molecule has 8 nitrogen and oxygen atoms in total. The van der Waals surface area contributed by atoms with Crippen LogP contribution in [0.2, 0.25) is 0 Å². The van der Waals surface area contributed by atoms with Gasteiger partial charge in [-0.2, -0.15) is 0 Å². The van der Waals surface area contributed by atoms with Gasteiger partial charge >= 0.3 is 0 Å². The smallest absolute Gasteiger partial charge is 0.225 e. The molecule has 3 aliphatic rings. The third-order valence-electron chi connectivity index (χ3n) is 6.60. The minimum Gasteiger partial charge on any atom is -0.375 e. The molecule has 4 rings (SSSR count). The Labute approximate surface area is 208 Å². The summed E-state index contributed by atoms with van der Waals surface area (Å²) in [7, 11) is 1.79. The van der Waals surface area contributed by atoms with Gasteiger partial charge in [0.25, 0.3) is 0 Å². The van der Waals surface area contributed by atoms with Crippen molar-refractivity contribution in [1.82, 2.24) is 20.5 Å². The number of guanidine groups is 1. The van der Waals surface area contributed by atoms with Crippen molar-refractivity contribution < 1.29 is 9.53 Å². The molecule has 1 aromatic heterocycles. The molecule has 0 aromatic carbocycles. The molecule has 2 N–H and O–H groups in total. The van der Waals surface area contributed by atoms with Gasteiger partial charge in [0.2, 0.25) is 5.91 Å². The number of aliphatic imine (C=N–C) groups is 1. The van der Waals surface area contributed by atoms with Crippen LogP contribution in [-0.2, 0) is 16.1 Å². The monoisotopic (exact) mass is 556 g/mol. The Morgan fingerprint density at radius 3 is 2.81 bits per heavy atom. The SMILES string of the molecule is CN=C(NCc1ccnc(N2CCOC(C)C2)c1)NC1CCN(C(=O)C2CCCC2)C1.I. The standard InChI is InChI=1S/C23H36N6O2.HI/c1-17-15-28(11-12-31-17)21-13-18(7-9-25-21)14-26-23(24-2)27-20-8-10-29(16-20)22(30)19-5-3-4-6-19;/h7,9,13,17,19-20H,3-6,8,10-12,14-16H2,1-2H3,(H2,24,26,27);1H. The second-order valence-corrected chi connectivity index (χ2v) is 8.97. The number of carbonyl (C=O) groups excluding carboxylic acids is 1. The Morgan fingerprint density at radius 2 is 2.06 bits per heavy atom. The summed E-state index contributed by atoms with van der Waals surface area (Å²) in [6.07, 6.45) is 7.59. The van der Waals surface area contributed by atoms with E-state index in [1.165, 1.54) is 12.8 Å². The number of halogens is 1. The largest absolute Gasteiger partial charge is 0.375 e. The number of nitrogens with zero attached hydrogens (tertiary/aromatic N) is 4. The lowest BCUT2D eigenvalue weighted by Crippen LogP contribution is -2.45. The summed E-state index contributed by atoms with van der Waals surface area (Å²) in [6, 6.07) is 4.42. The van der Waals surface area contributed by atoms with E-state index in [9.17, 15) is 4.79 Å². The third kappa shape index (κ3) is 6.46. The van der Waals surface area contributed by atoms with E-state index < -0.39 is 0 Å². The summed E-state index contributed by atoms with van der Waals surface area (Å²) in [6.45, 7) is 6.86. The number of carbonyl (C=O) groups is 1. The van der Waals surface area contributed by atoms with Crippen LogP contribution in [0.5, 0.6) is 0 Å². The Balaban J connectivity index is 0.00000289. The maximum absolute atomic E-state index is 12.7.